The number of urea groups is 1. The molecule has 11 heteroatoms. The molecule has 0 spiro atoms. The lowest BCUT2D eigenvalue weighted by molar-refractivity contribution is -0.140. The van der Waals surface area contributed by atoms with Crippen LogP contribution in [-0.4, -0.2) is 66.1 Å². The molecule has 0 radical (unpaired) electrons. The standard InChI is InChI=1S/C23H26FN5O4S/c1-28-20-18(22(31)29(2)23(28)32)21(27-19(26-20)13-4-10-16(33-3)11-5-13)34-12-17(30)25-15-8-6-14(24)7-9-15/h4-11,18-21,26-27H,12H2,1-3H3,(H,25,30). The zero-order chi connectivity index (χ0) is 24.4. The number of rotatable bonds is 6. The number of thioether (sulfide) groups is 1. The van der Waals surface area contributed by atoms with Crippen molar-refractivity contribution in [2.24, 2.45) is 5.92 Å². The highest BCUT2D eigenvalue weighted by molar-refractivity contribution is 8.00. The summed E-state index contributed by atoms with van der Waals surface area (Å²) in [5.41, 5.74) is 1.38. The number of nitrogens with one attached hydrogen (secondary N) is 3. The SMILES string of the molecule is COc1ccc(C2NC(SCC(=O)Nc3ccc(F)cc3)C3C(=O)N(C)C(=O)N(C)C3N2)cc1. The van der Waals surface area contributed by atoms with E-state index in [0.717, 1.165) is 10.5 Å². The molecule has 0 bridgehead atoms. The first-order valence-electron chi connectivity index (χ1n) is 10.7. The molecule has 4 atom stereocenters. The summed E-state index contributed by atoms with van der Waals surface area (Å²) >= 11 is 1.28. The fourth-order valence-corrected chi connectivity index (χ4v) is 5.19. The van der Waals surface area contributed by atoms with E-state index >= 15 is 0 Å². The molecular weight excluding hydrogens is 461 g/mol. The van der Waals surface area contributed by atoms with Crippen molar-refractivity contribution in [2.75, 3.05) is 32.3 Å². The minimum absolute atomic E-state index is 0.0578. The second kappa shape index (κ2) is 10.00. The summed E-state index contributed by atoms with van der Waals surface area (Å²) in [6.07, 6.45) is -0.918. The first-order chi connectivity index (χ1) is 16.3. The molecule has 2 aromatic carbocycles. The topological polar surface area (TPSA) is 103 Å². The molecule has 9 nitrogen and oxygen atoms in total. The molecular formula is C23H26FN5O4S. The van der Waals surface area contributed by atoms with Gasteiger partial charge in [0.25, 0.3) is 0 Å². The van der Waals surface area contributed by atoms with Crippen LogP contribution < -0.4 is 20.7 Å². The number of anilines is 1. The smallest absolute Gasteiger partial charge is 0.327 e. The zero-order valence-corrected chi connectivity index (χ0v) is 19.8. The van der Waals surface area contributed by atoms with Crippen LogP contribution >= 0.6 is 11.8 Å². The van der Waals surface area contributed by atoms with E-state index in [1.54, 1.807) is 14.2 Å². The van der Waals surface area contributed by atoms with Crippen molar-refractivity contribution >= 4 is 35.3 Å². The monoisotopic (exact) mass is 487 g/mol. The summed E-state index contributed by atoms with van der Waals surface area (Å²) < 4.78 is 18.3. The molecule has 2 saturated heterocycles. The Hall–Kier alpha value is -3.15. The van der Waals surface area contributed by atoms with Crippen molar-refractivity contribution in [3.63, 3.8) is 0 Å². The molecule has 3 N–H and O–H groups in total. The van der Waals surface area contributed by atoms with Crippen molar-refractivity contribution in [2.45, 2.75) is 17.7 Å². The third-order valence-electron chi connectivity index (χ3n) is 5.93. The minimum Gasteiger partial charge on any atom is -0.497 e. The Kier molecular flexibility index (Phi) is 7.05. The second-order valence-electron chi connectivity index (χ2n) is 8.09. The van der Waals surface area contributed by atoms with Crippen LogP contribution in [0.5, 0.6) is 5.75 Å². The molecule has 4 amide bonds. The number of ether oxygens (including phenoxy) is 1. The number of imide groups is 1. The molecule has 2 aliphatic rings. The van der Waals surface area contributed by atoms with Crippen molar-refractivity contribution in [1.29, 1.82) is 0 Å². The molecule has 0 aromatic heterocycles. The third kappa shape index (κ3) is 4.86. The molecule has 180 valence electrons. The molecule has 0 saturated carbocycles. The number of hydrogen-bond donors (Lipinski definition) is 3. The maximum atomic E-state index is 13.1. The predicted octanol–water partition coefficient (Wildman–Crippen LogP) is 2.19. The highest BCUT2D eigenvalue weighted by Crippen LogP contribution is 2.34. The minimum atomic E-state index is -0.606. The molecule has 0 aliphatic carbocycles. The highest BCUT2D eigenvalue weighted by atomic mass is 32.2. The van der Waals surface area contributed by atoms with E-state index in [2.05, 4.69) is 16.0 Å². The van der Waals surface area contributed by atoms with Crippen molar-refractivity contribution in [1.82, 2.24) is 20.4 Å². The van der Waals surface area contributed by atoms with Crippen LogP contribution in [0.4, 0.5) is 14.9 Å². The number of carbonyl (C=O) groups is 3. The summed E-state index contributed by atoms with van der Waals surface area (Å²) in [6.45, 7) is 0. The van der Waals surface area contributed by atoms with Gasteiger partial charge in [0.05, 0.1) is 36.5 Å². The van der Waals surface area contributed by atoms with Crippen LogP contribution in [-0.2, 0) is 9.59 Å². The third-order valence-corrected chi connectivity index (χ3v) is 7.14. The summed E-state index contributed by atoms with van der Waals surface area (Å²) in [4.78, 5) is 40.8. The summed E-state index contributed by atoms with van der Waals surface area (Å²) in [5.74, 6) is -0.829. The van der Waals surface area contributed by atoms with Gasteiger partial charge in [-0.15, -0.1) is 11.8 Å². The normalized spacial score (nSPS) is 24.6. The summed E-state index contributed by atoms with van der Waals surface area (Å²) in [6, 6.07) is 12.6. The number of carbonyl (C=O) groups excluding carboxylic acids is 3. The van der Waals surface area contributed by atoms with Crippen LogP contribution in [0.25, 0.3) is 0 Å². The first-order valence-corrected chi connectivity index (χ1v) is 11.7. The lowest BCUT2D eigenvalue weighted by Gasteiger charge is -2.50. The Labute approximate surface area is 201 Å². The van der Waals surface area contributed by atoms with E-state index in [0.29, 0.717) is 11.4 Å². The highest BCUT2D eigenvalue weighted by Gasteiger charge is 2.51. The Balaban J connectivity index is 1.52. The van der Waals surface area contributed by atoms with Gasteiger partial charge in [0.15, 0.2) is 0 Å². The van der Waals surface area contributed by atoms with E-state index < -0.39 is 23.5 Å². The van der Waals surface area contributed by atoms with E-state index in [1.807, 2.05) is 24.3 Å². The number of benzene rings is 2. The Bertz CT molecular complexity index is 1070. The number of amides is 4. The lowest BCUT2D eigenvalue weighted by Crippen LogP contribution is -2.72. The van der Waals surface area contributed by atoms with Crippen molar-refractivity contribution < 1.29 is 23.5 Å². The Morgan fingerprint density at radius 2 is 1.76 bits per heavy atom. The van der Waals surface area contributed by atoms with Crippen LogP contribution in [0.1, 0.15) is 11.7 Å². The number of hydrogen-bond acceptors (Lipinski definition) is 7. The maximum absolute atomic E-state index is 13.1. The van der Waals surface area contributed by atoms with Gasteiger partial charge in [-0.1, -0.05) is 12.1 Å². The van der Waals surface area contributed by atoms with Gasteiger partial charge in [-0.25, -0.2) is 9.18 Å². The van der Waals surface area contributed by atoms with Crippen LogP contribution in [0.15, 0.2) is 48.5 Å². The average Bonchev–Trinajstić information content (AvgIpc) is 2.85. The van der Waals surface area contributed by atoms with Gasteiger partial charge in [0.1, 0.15) is 11.6 Å². The van der Waals surface area contributed by atoms with E-state index in [-0.39, 0.29) is 29.6 Å². The van der Waals surface area contributed by atoms with Crippen LogP contribution in [0, 0.1) is 11.7 Å². The van der Waals surface area contributed by atoms with Crippen LogP contribution in [0.3, 0.4) is 0 Å². The van der Waals surface area contributed by atoms with Crippen molar-refractivity contribution in [3.8, 4) is 5.75 Å². The molecule has 2 aliphatic heterocycles. The maximum Gasteiger partial charge on any atom is 0.327 e. The van der Waals surface area contributed by atoms with Gasteiger partial charge in [-0.05, 0) is 42.0 Å². The van der Waals surface area contributed by atoms with E-state index in [1.165, 1.54) is 48.0 Å². The number of nitrogens with zero attached hydrogens (tertiary/aromatic N) is 2. The van der Waals surface area contributed by atoms with Crippen molar-refractivity contribution in [3.05, 3.63) is 59.9 Å². The fourth-order valence-electron chi connectivity index (χ4n) is 4.08. The van der Waals surface area contributed by atoms with E-state index in [9.17, 15) is 18.8 Å². The fraction of sp³-hybridized carbons (Fsp3) is 0.348. The van der Waals surface area contributed by atoms with Crippen LogP contribution in [0.2, 0.25) is 0 Å². The van der Waals surface area contributed by atoms with Gasteiger partial charge in [0.2, 0.25) is 11.8 Å². The van der Waals surface area contributed by atoms with Gasteiger partial charge in [0, 0.05) is 19.8 Å². The van der Waals surface area contributed by atoms with E-state index in [4.69, 9.17) is 4.74 Å². The number of halogens is 1. The second-order valence-corrected chi connectivity index (χ2v) is 9.22. The Morgan fingerprint density at radius 3 is 2.41 bits per heavy atom. The Morgan fingerprint density at radius 1 is 1.09 bits per heavy atom. The van der Waals surface area contributed by atoms with Gasteiger partial charge in [-0.2, -0.15) is 0 Å². The molecule has 2 fully saturated rings. The first kappa shape index (κ1) is 24.0. The quantitative estimate of drug-likeness (QED) is 0.574. The number of fused-ring (bicyclic) bond motifs is 1. The molecule has 34 heavy (non-hydrogen) atoms. The lowest BCUT2D eigenvalue weighted by atomic mass is 9.96. The average molecular weight is 488 g/mol. The molecule has 4 rings (SSSR count). The molecule has 2 heterocycles. The predicted molar refractivity (Wildman–Crippen MR) is 126 cm³/mol. The van der Waals surface area contributed by atoms with Gasteiger partial charge < -0.3 is 15.0 Å². The number of methoxy groups -OCH3 is 1. The molecule has 2 aromatic rings. The van der Waals surface area contributed by atoms with Gasteiger partial charge in [-0.3, -0.25) is 25.1 Å². The molecule has 4 unspecified atom stereocenters. The summed E-state index contributed by atoms with van der Waals surface area (Å²) in [5, 5.41) is 9.05. The zero-order valence-electron chi connectivity index (χ0n) is 18.9. The largest absolute Gasteiger partial charge is 0.497 e. The van der Waals surface area contributed by atoms with Gasteiger partial charge >= 0.3 is 6.03 Å². The summed E-state index contributed by atoms with van der Waals surface area (Å²) in [7, 11) is 4.69.